The lowest BCUT2D eigenvalue weighted by atomic mass is 10.2. The maximum Gasteiger partial charge on any atom is 0.0163 e. The summed E-state index contributed by atoms with van der Waals surface area (Å²) in [5.74, 6) is 1.64. The van der Waals surface area contributed by atoms with Crippen LogP contribution in [0.1, 0.15) is 33.6 Å². The van der Waals surface area contributed by atoms with Crippen LogP contribution in [0.5, 0.6) is 0 Å². The fourth-order valence-corrected chi connectivity index (χ4v) is 2.49. The first kappa shape index (κ1) is 16.5. The molecule has 0 spiro atoms. The second-order valence-corrected chi connectivity index (χ2v) is 5.71. The minimum absolute atomic E-state index is 0.817. The van der Waals surface area contributed by atoms with E-state index < -0.39 is 0 Å². The lowest BCUT2D eigenvalue weighted by molar-refractivity contribution is 0.248. The third kappa shape index (κ3) is 6.93. The summed E-state index contributed by atoms with van der Waals surface area (Å²) in [7, 11) is 2.22. The van der Waals surface area contributed by atoms with Crippen LogP contribution in [-0.2, 0) is 0 Å². The second kappa shape index (κ2) is 9.33. The van der Waals surface area contributed by atoms with Crippen LogP contribution in [-0.4, -0.2) is 49.6 Å². The zero-order valence-corrected chi connectivity index (χ0v) is 13.3. The molecule has 0 aromatic carbocycles. The summed E-state index contributed by atoms with van der Waals surface area (Å²) in [4.78, 5) is 4.95. The van der Waals surface area contributed by atoms with E-state index in [0.29, 0.717) is 0 Å². The van der Waals surface area contributed by atoms with E-state index >= 15 is 0 Å². The molecule has 0 saturated heterocycles. The Balaban J connectivity index is 2.16. The van der Waals surface area contributed by atoms with Crippen LogP contribution < -0.4 is 0 Å². The minimum Gasteiger partial charge on any atom is -0.305 e. The van der Waals surface area contributed by atoms with Crippen LogP contribution >= 0.6 is 0 Å². The van der Waals surface area contributed by atoms with Crippen molar-refractivity contribution in [3.8, 4) is 0 Å². The first-order valence-corrected chi connectivity index (χ1v) is 7.91. The highest BCUT2D eigenvalue weighted by Gasteiger charge is 2.31. The minimum atomic E-state index is 0.817. The van der Waals surface area contributed by atoms with Gasteiger partial charge in [0.25, 0.3) is 0 Å². The van der Waals surface area contributed by atoms with E-state index in [4.69, 9.17) is 0 Å². The van der Waals surface area contributed by atoms with Gasteiger partial charge in [0.05, 0.1) is 0 Å². The maximum absolute atomic E-state index is 2.52. The monoisotopic (exact) mass is 264 g/mol. The second-order valence-electron chi connectivity index (χ2n) is 5.71. The third-order valence-electron chi connectivity index (χ3n) is 3.93. The van der Waals surface area contributed by atoms with E-state index in [1.807, 2.05) is 0 Å². The van der Waals surface area contributed by atoms with Crippen LogP contribution in [0.3, 0.4) is 0 Å². The van der Waals surface area contributed by atoms with Gasteiger partial charge in [0.2, 0.25) is 0 Å². The first-order valence-electron chi connectivity index (χ1n) is 7.91. The Morgan fingerprint density at radius 3 is 2.42 bits per heavy atom. The third-order valence-corrected chi connectivity index (χ3v) is 3.93. The van der Waals surface area contributed by atoms with Crippen molar-refractivity contribution in [2.24, 2.45) is 11.8 Å². The molecule has 0 radical (unpaired) electrons. The molecule has 1 fully saturated rings. The molecule has 0 N–H and O–H groups in total. The molecule has 0 aliphatic heterocycles. The predicted molar refractivity (Wildman–Crippen MR) is 85.5 cm³/mol. The van der Waals surface area contributed by atoms with E-state index in [-0.39, 0.29) is 0 Å². The van der Waals surface area contributed by atoms with Gasteiger partial charge in [0, 0.05) is 19.6 Å². The van der Waals surface area contributed by atoms with Gasteiger partial charge in [-0.1, -0.05) is 38.2 Å². The summed E-state index contributed by atoms with van der Waals surface area (Å²) in [5, 5.41) is 0. The average Bonchev–Trinajstić information content (AvgIpc) is 3.12. The van der Waals surface area contributed by atoms with Crippen molar-refractivity contribution < 1.29 is 0 Å². The van der Waals surface area contributed by atoms with Crippen molar-refractivity contribution in [1.29, 1.82) is 0 Å². The summed E-state index contributed by atoms with van der Waals surface area (Å²) in [5.41, 5.74) is 0. The predicted octanol–water partition coefficient (Wildman–Crippen LogP) is 3.42. The van der Waals surface area contributed by atoms with Gasteiger partial charge in [0.1, 0.15) is 0 Å². The molecule has 2 heteroatoms. The van der Waals surface area contributed by atoms with Crippen molar-refractivity contribution in [3.63, 3.8) is 0 Å². The molecule has 1 aliphatic carbocycles. The number of nitrogens with zero attached hydrogens (tertiary/aromatic N) is 2. The molecule has 2 nitrogen and oxygen atoms in total. The number of rotatable bonds is 10. The fourth-order valence-electron chi connectivity index (χ4n) is 2.49. The van der Waals surface area contributed by atoms with Crippen molar-refractivity contribution in [2.45, 2.75) is 33.6 Å². The lowest BCUT2D eigenvalue weighted by Crippen LogP contribution is -2.33. The summed E-state index contributed by atoms with van der Waals surface area (Å²) < 4.78 is 0. The van der Waals surface area contributed by atoms with Crippen LogP contribution in [0.25, 0.3) is 0 Å². The zero-order valence-electron chi connectivity index (χ0n) is 13.3. The van der Waals surface area contributed by atoms with Gasteiger partial charge in [-0.25, -0.2) is 0 Å². The Kier molecular flexibility index (Phi) is 8.08. The summed E-state index contributed by atoms with van der Waals surface area (Å²) >= 11 is 0. The Hall–Kier alpha value is -0.600. The summed E-state index contributed by atoms with van der Waals surface area (Å²) in [6.45, 7) is 12.4. The Bertz CT molecular complexity index is 283. The highest BCUT2D eigenvalue weighted by atomic mass is 15.2. The molecule has 0 amide bonds. The van der Waals surface area contributed by atoms with Crippen molar-refractivity contribution in [3.05, 3.63) is 24.3 Å². The van der Waals surface area contributed by atoms with Gasteiger partial charge in [-0.2, -0.15) is 0 Å². The van der Waals surface area contributed by atoms with Crippen LogP contribution in [0.15, 0.2) is 24.3 Å². The van der Waals surface area contributed by atoms with Crippen LogP contribution in [0.4, 0.5) is 0 Å². The molecular weight excluding hydrogens is 232 g/mol. The first-order chi connectivity index (χ1) is 9.21. The quantitative estimate of drug-likeness (QED) is 0.558. The number of likely N-dealkylation sites (N-methyl/N-ethyl adjacent to an activating group) is 2. The largest absolute Gasteiger partial charge is 0.305 e. The van der Waals surface area contributed by atoms with Crippen LogP contribution in [0.2, 0.25) is 0 Å². The van der Waals surface area contributed by atoms with E-state index in [1.165, 1.54) is 32.5 Å². The number of hydrogen-bond acceptors (Lipinski definition) is 2. The smallest absolute Gasteiger partial charge is 0.0163 e. The van der Waals surface area contributed by atoms with Gasteiger partial charge in [0.15, 0.2) is 0 Å². The van der Waals surface area contributed by atoms with E-state index in [1.54, 1.807) is 0 Å². The van der Waals surface area contributed by atoms with E-state index in [0.717, 1.165) is 24.9 Å². The lowest BCUT2D eigenvalue weighted by Gasteiger charge is -2.22. The molecule has 0 bridgehead atoms. The molecule has 19 heavy (non-hydrogen) atoms. The highest BCUT2D eigenvalue weighted by Crippen LogP contribution is 2.40. The van der Waals surface area contributed by atoms with Crippen LogP contribution in [0, 0.1) is 11.8 Å². The SMILES string of the molecule is C/C=C\C1CC1/C=C/CN(CC)CCN(C)CCC. The highest BCUT2D eigenvalue weighted by molar-refractivity contribution is 5.10. The molecule has 2 atom stereocenters. The maximum atomic E-state index is 2.52. The normalized spacial score (nSPS) is 23.3. The number of hydrogen-bond donors (Lipinski definition) is 0. The average molecular weight is 264 g/mol. The Morgan fingerprint density at radius 2 is 1.79 bits per heavy atom. The molecular formula is C17H32N2. The van der Waals surface area contributed by atoms with Gasteiger partial charge in [-0.15, -0.1) is 0 Å². The Morgan fingerprint density at radius 1 is 1.05 bits per heavy atom. The fraction of sp³-hybridized carbons (Fsp3) is 0.765. The summed E-state index contributed by atoms with van der Waals surface area (Å²) in [6, 6.07) is 0. The standard InChI is InChI=1S/C17H32N2/c1-5-9-16-15-17(16)10-8-12-19(7-3)14-13-18(4)11-6-2/h5,8-10,16-17H,6-7,11-15H2,1-4H3/b9-5-,10-8+. The molecule has 1 saturated carbocycles. The Labute approximate surface area is 120 Å². The topological polar surface area (TPSA) is 6.48 Å². The van der Waals surface area contributed by atoms with Crippen molar-refractivity contribution >= 4 is 0 Å². The molecule has 110 valence electrons. The van der Waals surface area contributed by atoms with Gasteiger partial charge >= 0.3 is 0 Å². The van der Waals surface area contributed by atoms with Gasteiger partial charge in [-0.05, 0) is 51.7 Å². The van der Waals surface area contributed by atoms with E-state index in [2.05, 4.69) is 61.9 Å². The molecule has 0 heterocycles. The molecule has 2 unspecified atom stereocenters. The number of allylic oxidation sites excluding steroid dienone is 3. The van der Waals surface area contributed by atoms with Gasteiger partial charge in [-0.3, -0.25) is 4.90 Å². The molecule has 0 aromatic heterocycles. The van der Waals surface area contributed by atoms with Gasteiger partial charge < -0.3 is 4.90 Å². The molecule has 0 aromatic rings. The van der Waals surface area contributed by atoms with Crippen molar-refractivity contribution in [2.75, 3.05) is 39.8 Å². The molecule has 1 rings (SSSR count). The molecule has 1 aliphatic rings. The summed E-state index contributed by atoms with van der Waals surface area (Å²) in [6.07, 6.45) is 11.9. The zero-order chi connectivity index (χ0) is 14.1. The van der Waals surface area contributed by atoms with E-state index in [9.17, 15) is 0 Å². The van der Waals surface area contributed by atoms with Crippen molar-refractivity contribution in [1.82, 2.24) is 9.80 Å².